The quantitative estimate of drug-likeness (QED) is 0.581. The number of allylic oxidation sites excluding steroid dienone is 1. The summed E-state index contributed by atoms with van der Waals surface area (Å²) in [6.07, 6.45) is 6.16. The lowest BCUT2D eigenvalue weighted by Crippen LogP contribution is -2.36. The molecule has 0 fully saturated rings. The highest BCUT2D eigenvalue weighted by atomic mass is 15.6. The lowest BCUT2D eigenvalue weighted by molar-refractivity contribution is 0.394. The third kappa shape index (κ3) is 1.10. The average molecular weight is 164 g/mol. The van der Waals surface area contributed by atoms with E-state index >= 15 is 0 Å². The summed E-state index contributed by atoms with van der Waals surface area (Å²) < 4.78 is 0. The van der Waals surface area contributed by atoms with Crippen LogP contribution in [0.3, 0.4) is 0 Å². The SMILES string of the molecule is CNC1=CC2=NC(C)NN2C=C1. The van der Waals surface area contributed by atoms with Crippen LogP contribution in [0.15, 0.2) is 29.0 Å². The van der Waals surface area contributed by atoms with Gasteiger partial charge in [0.15, 0.2) is 0 Å². The van der Waals surface area contributed by atoms with Crippen molar-refractivity contribution in [3.05, 3.63) is 24.0 Å². The summed E-state index contributed by atoms with van der Waals surface area (Å²) in [6, 6.07) is 0. The van der Waals surface area contributed by atoms with Gasteiger partial charge in [-0.15, -0.1) is 0 Å². The first-order chi connectivity index (χ1) is 5.79. The molecule has 0 spiro atoms. The highest BCUT2D eigenvalue weighted by molar-refractivity contribution is 5.96. The standard InChI is InChI=1S/C8H12N4/c1-6-10-8-5-7(9-2)3-4-12(8)11-6/h3-6,9,11H,1-2H3. The van der Waals surface area contributed by atoms with E-state index in [9.17, 15) is 0 Å². The normalized spacial score (nSPS) is 26.5. The van der Waals surface area contributed by atoms with Gasteiger partial charge in [-0.25, -0.2) is 10.4 Å². The fraction of sp³-hybridized carbons (Fsp3) is 0.375. The molecule has 4 nitrogen and oxygen atoms in total. The molecule has 2 rings (SSSR count). The summed E-state index contributed by atoms with van der Waals surface area (Å²) in [5.74, 6) is 0.967. The maximum atomic E-state index is 4.37. The van der Waals surface area contributed by atoms with E-state index in [1.807, 2.05) is 37.3 Å². The van der Waals surface area contributed by atoms with Crippen molar-refractivity contribution < 1.29 is 0 Å². The number of aliphatic imine (C=N–C) groups is 1. The summed E-state index contributed by atoms with van der Waals surface area (Å²) in [4.78, 5) is 4.37. The molecule has 0 saturated heterocycles. The largest absolute Gasteiger partial charge is 0.388 e. The highest BCUT2D eigenvalue weighted by Crippen LogP contribution is 2.11. The van der Waals surface area contributed by atoms with E-state index in [1.165, 1.54) is 0 Å². The average Bonchev–Trinajstić information content (AvgIpc) is 2.43. The first kappa shape index (κ1) is 7.36. The molecule has 0 bridgehead atoms. The molecule has 2 heterocycles. The fourth-order valence-electron chi connectivity index (χ4n) is 1.28. The maximum Gasteiger partial charge on any atom is 0.145 e. The Balaban J connectivity index is 2.25. The van der Waals surface area contributed by atoms with Gasteiger partial charge in [-0.2, -0.15) is 0 Å². The van der Waals surface area contributed by atoms with E-state index in [1.54, 1.807) is 0 Å². The van der Waals surface area contributed by atoms with E-state index in [0.29, 0.717) is 0 Å². The van der Waals surface area contributed by atoms with Crippen molar-refractivity contribution in [3.8, 4) is 0 Å². The number of amidine groups is 1. The lowest BCUT2D eigenvalue weighted by Gasteiger charge is -2.18. The molecule has 2 N–H and O–H groups in total. The number of hydrazine groups is 1. The zero-order valence-corrected chi connectivity index (χ0v) is 7.20. The molecule has 12 heavy (non-hydrogen) atoms. The van der Waals surface area contributed by atoms with Gasteiger partial charge < -0.3 is 5.32 Å². The zero-order valence-electron chi connectivity index (χ0n) is 7.20. The molecule has 0 radical (unpaired) electrons. The molecule has 1 atom stereocenters. The molecule has 0 aromatic carbocycles. The molecule has 2 aliphatic rings. The first-order valence-electron chi connectivity index (χ1n) is 4.00. The van der Waals surface area contributed by atoms with Crippen LogP contribution in [0.2, 0.25) is 0 Å². The monoisotopic (exact) mass is 164 g/mol. The van der Waals surface area contributed by atoms with Crippen molar-refractivity contribution in [1.82, 2.24) is 15.8 Å². The van der Waals surface area contributed by atoms with E-state index in [2.05, 4.69) is 15.7 Å². The van der Waals surface area contributed by atoms with E-state index in [-0.39, 0.29) is 6.17 Å². The maximum absolute atomic E-state index is 4.37. The number of likely N-dealkylation sites (N-methyl/N-ethyl adjacent to an activating group) is 1. The fourth-order valence-corrected chi connectivity index (χ4v) is 1.28. The van der Waals surface area contributed by atoms with Crippen molar-refractivity contribution in [3.63, 3.8) is 0 Å². The molecule has 0 saturated carbocycles. The topological polar surface area (TPSA) is 39.7 Å². The molecule has 4 heteroatoms. The number of nitrogens with zero attached hydrogens (tertiary/aromatic N) is 2. The van der Waals surface area contributed by atoms with Gasteiger partial charge in [-0.3, -0.25) is 5.01 Å². The molecule has 0 aliphatic carbocycles. The van der Waals surface area contributed by atoms with Gasteiger partial charge in [-0.1, -0.05) is 0 Å². The second kappa shape index (κ2) is 2.64. The van der Waals surface area contributed by atoms with Gasteiger partial charge in [0.25, 0.3) is 0 Å². The number of fused-ring (bicyclic) bond motifs is 1. The van der Waals surface area contributed by atoms with E-state index in [0.717, 1.165) is 11.5 Å². The van der Waals surface area contributed by atoms with E-state index in [4.69, 9.17) is 0 Å². The minimum absolute atomic E-state index is 0.178. The van der Waals surface area contributed by atoms with Crippen LogP contribution in [-0.4, -0.2) is 24.1 Å². The second-order valence-corrected chi connectivity index (χ2v) is 2.83. The highest BCUT2D eigenvalue weighted by Gasteiger charge is 2.19. The molecule has 64 valence electrons. The Morgan fingerprint density at radius 2 is 2.50 bits per heavy atom. The number of nitrogens with one attached hydrogen (secondary N) is 2. The Hall–Kier alpha value is -1.29. The van der Waals surface area contributed by atoms with Crippen molar-refractivity contribution in [2.24, 2.45) is 4.99 Å². The van der Waals surface area contributed by atoms with Crippen LogP contribution in [0.25, 0.3) is 0 Å². The van der Waals surface area contributed by atoms with Crippen molar-refractivity contribution in [1.29, 1.82) is 0 Å². The molecule has 0 aromatic rings. The third-order valence-electron chi connectivity index (χ3n) is 1.88. The van der Waals surface area contributed by atoms with Gasteiger partial charge in [0.1, 0.15) is 12.0 Å². The molecule has 2 aliphatic heterocycles. The Morgan fingerprint density at radius 1 is 1.67 bits per heavy atom. The van der Waals surface area contributed by atoms with Gasteiger partial charge in [0.05, 0.1) is 0 Å². The molecule has 1 unspecified atom stereocenters. The summed E-state index contributed by atoms with van der Waals surface area (Å²) in [6.45, 7) is 2.02. The Morgan fingerprint density at radius 3 is 3.25 bits per heavy atom. The summed E-state index contributed by atoms with van der Waals surface area (Å²) in [5.41, 5.74) is 4.26. The molecule has 0 aromatic heterocycles. The minimum atomic E-state index is 0.178. The van der Waals surface area contributed by atoms with Gasteiger partial charge in [0.2, 0.25) is 0 Å². The van der Waals surface area contributed by atoms with Gasteiger partial charge in [0, 0.05) is 25.0 Å². The van der Waals surface area contributed by atoms with Crippen LogP contribution < -0.4 is 10.7 Å². The second-order valence-electron chi connectivity index (χ2n) is 2.83. The van der Waals surface area contributed by atoms with Crippen molar-refractivity contribution >= 4 is 5.84 Å². The van der Waals surface area contributed by atoms with Crippen LogP contribution in [0.4, 0.5) is 0 Å². The van der Waals surface area contributed by atoms with Crippen molar-refractivity contribution in [2.75, 3.05) is 7.05 Å². The number of rotatable bonds is 1. The van der Waals surface area contributed by atoms with Crippen LogP contribution in [0, 0.1) is 0 Å². The first-order valence-corrected chi connectivity index (χ1v) is 4.00. The summed E-state index contributed by atoms with van der Waals surface area (Å²) in [5, 5.41) is 4.99. The van der Waals surface area contributed by atoms with Crippen LogP contribution in [0.5, 0.6) is 0 Å². The van der Waals surface area contributed by atoms with E-state index < -0.39 is 0 Å². The molecular weight excluding hydrogens is 152 g/mol. The van der Waals surface area contributed by atoms with Gasteiger partial charge >= 0.3 is 0 Å². The van der Waals surface area contributed by atoms with Crippen LogP contribution in [0.1, 0.15) is 6.92 Å². The summed E-state index contributed by atoms with van der Waals surface area (Å²) in [7, 11) is 1.90. The number of hydrogen-bond donors (Lipinski definition) is 2. The summed E-state index contributed by atoms with van der Waals surface area (Å²) >= 11 is 0. The molecular formula is C8H12N4. The zero-order chi connectivity index (χ0) is 8.55. The van der Waals surface area contributed by atoms with Crippen LogP contribution in [-0.2, 0) is 0 Å². The third-order valence-corrected chi connectivity index (χ3v) is 1.88. The lowest BCUT2D eigenvalue weighted by atomic mass is 10.3. The Bertz CT molecular complexity index is 277. The molecule has 0 amide bonds. The predicted molar refractivity (Wildman–Crippen MR) is 48.2 cm³/mol. The Kier molecular flexibility index (Phi) is 1.62. The van der Waals surface area contributed by atoms with Gasteiger partial charge in [-0.05, 0) is 13.0 Å². The van der Waals surface area contributed by atoms with Crippen LogP contribution >= 0.6 is 0 Å². The Labute approximate surface area is 71.6 Å². The predicted octanol–water partition coefficient (Wildman–Crippen LogP) is 0.182. The van der Waals surface area contributed by atoms with Crippen molar-refractivity contribution in [2.45, 2.75) is 13.1 Å². The smallest absolute Gasteiger partial charge is 0.145 e. The number of hydrogen-bond acceptors (Lipinski definition) is 4. The minimum Gasteiger partial charge on any atom is -0.388 e.